The van der Waals surface area contributed by atoms with Gasteiger partial charge >= 0.3 is 0 Å². The van der Waals surface area contributed by atoms with E-state index in [0.29, 0.717) is 23.6 Å². The van der Waals surface area contributed by atoms with Gasteiger partial charge < -0.3 is 16.0 Å². The first-order valence-electron chi connectivity index (χ1n) is 12.3. The molecule has 1 heterocycles. The fourth-order valence-corrected chi connectivity index (χ4v) is 4.65. The van der Waals surface area contributed by atoms with Crippen molar-refractivity contribution in [1.29, 1.82) is 0 Å². The number of nitrogens with zero attached hydrogens (tertiary/aromatic N) is 2. The van der Waals surface area contributed by atoms with Crippen molar-refractivity contribution < 1.29 is 19.2 Å². The van der Waals surface area contributed by atoms with Crippen molar-refractivity contribution in [3.05, 3.63) is 36.4 Å². The standard InChI is InChI=1S/C26H33N5O4S3/c1-4-17(2)20(25(35)27-12-13-31-23(33)9-10-24(31)34)15-22(32)21(11-14-38-3)30-26(37)29-19-7-5-18(6-8-19)28-16-36/h5-10,17,20-21H,4,11-15H2,1-3H3,(H,27,35)(H2,29,30,37)/t17-,20-,21-/m0/s1. The molecule has 0 radical (unpaired) electrons. The Balaban J connectivity index is 2.00. The number of imide groups is 1. The number of aliphatic imine (C=N–C) groups is 1. The quantitative estimate of drug-likeness (QED) is 0.164. The molecule has 204 valence electrons. The Morgan fingerprint density at radius 2 is 1.82 bits per heavy atom. The molecule has 1 aromatic carbocycles. The van der Waals surface area contributed by atoms with Crippen molar-refractivity contribution in [2.24, 2.45) is 16.8 Å². The molecule has 3 N–H and O–H groups in total. The van der Waals surface area contributed by atoms with Crippen LogP contribution < -0.4 is 16.0 Å². The van der Waals surface area contributed by atoms with Crippen LogP contribution in [-0.4, -0.2) is 69.8 Å². The van der Waals surface area contributed by atoms with E-state index in [9.17, 15) is 19.2 Å². The van der Waals surface area contributed by atoms with E-state index in [1.807, 2.05) is 20.1 Å². The number of benzene rings is 1. The Labute approximate surface area is 238 Å². The molecule has 0 saturated carbocycles. The summed E-state index contributed by atoms with van der Waals surface area (Å²) in [6.07, 6.45) is 5.68. The van der Waals surface area contributed by atoms with Gasteiger partial charge in [-0.05, 0) is 73.0 Å². The monoisotopic (exact) mass is 575 g/mol. The van der Waals surface area contributed by atoms with Crippen molar-refractivity contribution in [1.82, 2.24) is 15.5 Å². The third kappa shape index (κ3) is 9.75. The number of thioether (sulfide) groups is 1. The van der Waals surface area contributed by atoms with Gasteiger partial charge in [0.2, 0.25) is 5.91 Å². The summed E-state index contributed by atoms with van der Waals surface area (Å²) in [5, 5.41) is 11.6. The van der Waals surface area contributed by atoms with Crippen LogP contribution in [0, 0.1) is 11.8 Å². The van der Waals surface area contributed by atoms with E-state index in [0.717, 1.165) is 16.3 Å². The van der Waals surface area contributed by atoms with Crippen molar-refractivity contribution in [2.75, 3.05) is 30.4 Å². The first kappa shape index (κ1) is 31.3. The second-order valence-electron chi connectivity index (χ2n) is 8.80. The molecule has 2 rings (SSSR count). The van der Waals surface area contributed by atoms with Crippen LogP contribution in [0.3, 0.4) is 0 Å². The molecule has 0 aliphatic carbocycles. The molecule has 0 bridgehead atoms. The molecule has 3 atom stereocenters. The molecule has 38 heavy (non-hydrogen) atoms. The third-order valence-electron chi connectivity index (χ3n) is 6.23. The molecule has 12 heteroatoms. The average Bonchev–Trinajstić information content (AvgIpc) is 3.22. The van der Waals surface area contributed by atoms with Gasteiger partial charge in [0.1, 0.15) is 0 Å². The van der Waals surface area contributed by atoms with Crippen LogP contribution in [0.5, 0.6) is 0 Å². The topological polar surface area (TPSA) is 120 Å². The normalized spacial score (nSPS) is 14.9. The van der Waals surface area contributed by atoms with Crippen molar-refractivity contribution in [3.63, 3.8) is 0 Å². The zero-order valence-electron chi connectivity index (χ0n) is 21.7. The van der Waals surface area contributed by atoms with Gasteiger partial charge in [-0.1, -0.05) is 20.3 Å². The lowest BCUT2D eigenvalue weighted by atomic mass is 9.85. The number of carbonyl (C=O) groups excluding carboxylic acids is 4. The maximum atomic E-state index is 13.4. The zero-order valence-corrected chi connectivity index (χ0v) is 24.1. The molecular weight excluding hydrogens is 543 g/mol. The number of isothiocyanates is 1. The molecule has 1 aromatic rings. The summed E-state index contributed by atoms with van der Waals surface area (Å²) in [6, 6.07) is 6.55. The molecule has 0 aromatic heterocycles. The molecule has 9 nitrogen and oxygen atoms in total. The number of rotatable bonds is 15. The SMILES string of the molecule is CC[C@H](C)[C@H](CC(=O)[C@H](CCSC)NC(=S)Nc1ccc(N=C=S)cc1)C(=O)NCCN1C(=O)C=CC1=O. The summed E-state index contributed by atoms with van der Waals surface area (Å²) in [6.45, 7) is 4.10. The van der Waals surface area contributed by atoms with E-state index in [4.69, 9.17) is 12.2 Å². The minimum absolute atomic E-state index is 0.0446. The predicted molar refractivity (Wildman–Crippen MR) is 159 cm³/mol. The Morgan fingerprint density at radius 1 is 1.16 bits per heavy atom. The minimum atomic E-state index is -0.564. The van der Waals surface area contributed by atoms with Crippen molar-refractivity contribution >= 4 is 81.4 Å². The van der Waals surface area contributed by atoms with Crippen LogP contribution in [0.15, 0.2) is 41.4 Å². The molecule has 1 aliphatic heterocycles. The second-order valence-corrected chi connectivity index (χ2v) is 10.4. The summed E-state index contributed by atoms with van der Waals surface area (Å²) < 4.78 is 0. The number of carbonyl (C=O) groups is 4. The maximum Gasteiger partial charge on any atom is 0.253 e. The number of amides is 3. The number of Topliss-reactive ketones (excluding diaryl/α,β-unsaturated/α-hetero) is 1. The molecule has 0 fully saturated rings. The molecule has 0 unspecified atom stereocenters. The average molecular weight is 576 g/mol. The van der Waals surface area contributed by atoms with Gasteiger partial charge in [0.25, 0.3) is 11.8 Å². The van der Waals surface area contributed by atoms with E-state index >= 15 is 0 Å². The lowest BCUT2D eigenvalue weighted by Crippen LogP contribution is -2.46. The number of nitrogens with one attached hydrogen (secondary N) is 3. The number of anilines is 1. The molecular formula is C26H33N5O4S3. The maximum absolute atomic E-state index is 13.4. The summed E-state index contributed by atoms with van der Waals surface area (Å²) in [4.78, 5) is 54.9. The zero-order chi connectivity index (χ0) is 28.1. The van der Waals surface area contributed by atoms with Crippen LogP contribution >= 0.6 is 36.2 Å². The molecule has 3 amide bonds. The van der Waals surface area contributed by atoms with Crippen LogP contribution in [0.4, 0.5) is 11.4 Å². The summed E-state index contributed by atoms with van der Waals surface area (Å²) in [5.74, 6) is -1.04. The Morgan fingerprint density at radius 3 is 2.39 bits per heavy atom. The number of ketones is 1. The van der Waals surface area contributed by atoms with Crippen LogP contribution in [0.1, 0.15) is 33.1 Å². The van der Waals surface area contributed by atoms with Gasteiger partial charge in [-0.15, -0.1) is 0 Å². The minimum Gasteiger partial charge on any atom is -0.354 e. The van der Waals surface area contributed by atoms with Crippen LogP contribution in [0.2, 0.25) is 0 Å². The van der Waals surface area contributed by atoms with Gasteiger partial charge in [0.15, 0.2) is 10.9 Å². The van der Waals surface area contributed by atoms with Crippen molar-refractivity contribution in [3.8, 4) is 0 Å². The largest absolute Gasteiger partial charge is 0.354 e. The summed E-state index contributed by atoms with van der Waals surface area (Å²) >= 11 is 11.7. The number of hydrogen-bond acceptors (Lipinski definition) is 8. The van der Waals surface area contributed by atoms with Gasteiger partial charge in [0, 0.05) is 43.3 Å². The van der Waals surface area contributed by atoms with Gasteiger partial charge in [-0.25, -0.2) is 0 Å². The lowest BCUT2D eigenvalue weighted by Gasteiger charge is -2.25. The first-order valence-corrected chi connectivity index (χ1v) is 14.5. The predicted octanol–water partition coefficient (Wildman–Crippen LogP) is 3.49. The lowest BCUT2D eigenvalue weighted by molar-refractivity contribution is -0.137. The van der Waals surface area contributed by atoms with E-state index in [1.165, 1.54) is 12.2 Å². The van der Waals surface area contributed by atoms with Gasteiger partial charge in [-0.3, -0.25) is 24.1 Å². The Kier molecular flexibility index (Phi) is 13.3. The second kappa shape index (κ2) is 16.1. The van der Waals surface area contributed by atoms with Gasteiger partial charge in [0.05, 0.1) is 16.9 Å². The van der Waals surface area contributed by atoms with E-state index < -0.39 is 23.8 Å². The Hall–Kier alpha value is -2.92. The van der Waals surface area contributed by atoms with Crippen molar-refractivity contribution in [2.45, 2.75) is 39.2 Å². The highest BCUT2D eigenvalue weighted by atomic mass is 32.2. The summed E-state index contributed by atoms with van der Waals surface area (Å²) in [7, 11) is 0. The fourth-order valence-electron chi connectivity index (χ4n) is 3.82. The number of hydrogen-bond donors (Lipinski definition) is 3. The highest BCUT2D eigenvalue weighted by Crippen LogP contribution is 2.22. The first-order chi connectivity index (χ1) is 18.2. The smallest absolute Gasteiger partial charge is 0.253 e. The third-order valence-corrected chi connectivity index (χ3v) is 7.18. The number of thiocarbonyl (C=S) groups is 2. The van der Waals surface area contributed by atoms with E-state index in [-0.39, 0.29) is 37.1 Å². The van der Waals surface area contributed by atoms with Gasteiger partial charge in [-0.2, -0.15) is 16.8 Å². The highest BCUT2D eigenvalue weighted by Gasteiger charge is 2.30. The highest BCUT2D eigenvalue weighted by molar-refractivity contribution is 7.98. The van der Waals surface area contributed by atoms with Crippen LogP contribution in [0.25, 0.3) is 0 Å². The molecule has 1 aliphatic rings. The van der Waals surface area contributed by atoms with Crippen LogP contribution in [-0.2, 0) is 19.2 Å². The fraction of sp³-hybridized carbons (Fsp3) is 0.462. The summed E-state index contributed by atoms with van der Waals surface area (Å²) in [5.41, 5.74) is 1.39. The Bertz CT molecular complexity index is 1080. The van der Waals surface area contributed by atoms with E-state index in [1.54, 1.807) is 36.0 Å². The van der Waals surface area contributed by atoms with E-state index in [2.05, 4.69) is 38.3 Å². The molecule has 0 spiro atoms. The molecule has 0 saturated heterocycles.